The van der Waals surface area contributed by atoms with Gasteiger partial charge in [0, 0.05) is 6.20 Å². The van der Waals surface area contributed by atoms with Crippen LogP contribution in [0.1, 0.15) is 17.3 Å². The van der Waals surface area contributed by atoms with Crippen molar-refractivity contribution in [1.82, 2.24) is 9.78 Å². The lowest BCUT2D eigenvalue weighted by Gasteiger charge is -2.14. The summed E-state index contributed by atoms with van der Waals surface area (Å²) in [4.78, 5) is 0. The zero-order chi connectivity index (χ0) is 13.8. The largest absolute Gasteiger partial charge is 0.322 e. The number of benzene rings is 2. The maximum Gasteiger partial charge on any atom is 0.0649 e. The van der Waals surface area contributed by atoms with E-state index in [1.165, 1.54) is 5.56 Å². The Morgan fingerprint density at radius 1 is 0.900 bits per heavy atom. The standard InChI is InChI=1S/C17H17N3/c18-16(13-14-7-3-1-4-8-14)17-11-12-19-20(17)15-9-5-2-6-10-15/h1-12,16H,13,18H2. The van der Waals surface area contributed by atoms with Crippen LogP contribution in [0.3, 0.4) is 0 Å². The molecular formula is C17H17N3. The summed E-state index contributed by atoms with van der Waals surface area (Å²) in [5, 5.41) is 4.39. The number of aromatic nitrogens is 2. The van der Waals surface area contributed by atoms with Crippen molar-refractivity contribution in [3.63, 3.8) is 0 Å². The molecule has 3 nitrogen and oxygen atoms in total. The predicted octanol–water partition coefficient (Wildman–Crippen LogP) is 3.11. The van der Waals surface area contributed by atoms with Gasteiger partial charge in [0.15, 0.2) is 0 Å². The van der Waals surface area contributed by atoms with Gasteiger partial charge in [0.1, 0.15) is 0 Å². The SMILES string of the molecule is NC(Cc1ccccc1)c1ccnn1-c1ccccc1. The molecule has 20 heavy (non-hydrogen) atoms. The van der Waals surface area contributed by atoms with Crippen molar-refractivity contribution in [2.75, 3.05) is 0 Å². The fourth-order valence-corrected chi connectivity index (χ4v) is 2.35. The summed E-state index contributed by atoms with van der Waals surface area (Å²) in [6.07, 6.45) is 2.60. The van der Waals surface area contributed by atoms with Gasteiger partial charge in [0.25, 0.3) is 0 Å². The number of nitrogens with zero attached hydrogens (tertiary/aromatic N) is 2. The van der Waals surface area contributed by atoms with Crippen LogP contribution in [0.4, 0.5) is 0 Å². The summed E-state index contributed by atoms with van der Waals surface area (Å²) in [7, 11) is 0. The van der Waals surface area contributed by atoms with E-state index in [0.717, 1.165) is 17.8 Å². The van der Waals surface area contributed by atoms with Gasteiger partial charge >= 0.3 is 0 Å². The van der Waals surface area contributed by atoms with Crippen molar-refractivity contribution in [3.8, 4) is 5.69 Å². The Morgan fingerprint density at radius 2 is 1.55 bits per heavy atom. The molecule has 0 radical (unpaired) electrons. The van der Waals surface area contributed by atoms with Gasteiger partial charge in [-0.3, -0.25) is 0 Å². The van der Waals surface area contributed by atoms with Crippen LogP contribution in [-0.2, 0) is 6.42 Å². The fourth-order valence-electron chi connectivity index (χ4n) is 2.35. The molecule has 0 aliphatic heterocycles. The first-order valence-electron chi connectivity index (χ1n) is 6.73. The van der Waals surface area contributed by atoms with E-state index in [0.29, 0.717) is 0 Å². The minimum atomic E-state index is -0.0693. The Kier molecular flexibility index (Phi) is 3.61. The molecule has 0 amide bonds. The second-order valence-electron chi connectivity index (χ2n) is 4.80. The summed E-state index contributed by atoms with van der Waals surface area (Å²) < 4.78 is 1.91. The normalized spacial score (nSPS) is 12.2. The maximum atomic E-state index is 6.35. The van der Waals surface area contributed by atoms with Crippen LogP contribution >= 0.6 is 0 Å². The van der Waals surface area contributed by atoms with E-state index >= 15 is 0 Å². The molecule has 0 bridgehead atoms. The fraction of sp³-hybridized carbons (Fsp3) is 0.118. The lowest BCUT2D eigenvalue weighted by Crippen LogP contribution is -2.17. The lowest BCUT2D eigenvalue weighted by atomic mass is 10.0. The molecule has 2 aromatic carbocycles. The van der Waals surface area contributed by atoms with Gasteiger partial charge in [-0.15, -0.1) is 0 Å². The first-order valence-corrected chi connectivity index (χ1v) is 6.73. The summed E-state index contributed by atoms with van der Waals surface area (Å²) in [6.45, 7) is 0. The molecule has 1 atom stereocenters. The quantitative estimate of drug-likeness (QED) is 0.786. The Hall–Kier alpha value is -2.39. The molecule has 0 fully saturated rings. The molecule has 1 heterocycles. The number of rotatable bonds is 4. The Bertz CT molecular complexity index is 659. The van der Waals surface area contributed by atoms with Crippen molar-refractivity contribution in [3.05, 3.63) is 84.2 Å². The molecule has 3 heteroatoms. The topological polar surface area (TPSA) is 43.8 Å². The highest BCUT2D eigenvalue weighted by Gasteiger charge is 2.13. The minimum Gasteiger partial charge on any atom is -0.322 e. The highest BCUT2D eigenvalue weighted by atomic mass is 15.3. The van der Waals surface area contributed by atoms with Gasteiger partial charge in [-0.2, -0.15) is 5.10 Å². The van der Waals surface area contributed by atoms with Crippen LogP contribution in [0.15, 0.2) is 72.9 Å². The molecule has 3 rings (SSSR count). The molecule has 0 aliphatic rings. The number of nitrogens with two attached hydrogens (primary N) is 1. The van der Waals surface area contributed by atoms with Crippen LogP contribution in [0.2, 0.25) is 0 Å². The van der Waals surface area contributed by atoms with Gasteiger partial charge < -0.3 is 5.73 Å². The molecule has 1 aromatic heterocycles. The van der Waals surface area contributed by atoms with Gasteiger partial charge in [0.05, 0.1) is 17.4 Å². The van der Waals surface area contributed by atoms with E-state index in [1.54, 1.807) is 6.20 Å². The van der Waals surface area contributed by atoms with E-state index in [9.17, 15) is 0 Å². The third-order valence-corrected chi connectivity index (χ3v) is 3.35. The highest BCUT2D eigenvalue weighted by molar-refractivity contribution is 5.33. The smallest absolute Gasteiger partial charge is 0.0649 e. The zero-order valence-corrected chi connectivity index (χ0v) is 11.2. The van der Waals surface area contributed by atoms with E-state index in [1.807, 2.05) is 59.3 Å². The van der Waals surface area contributed by atoms with Gasteiger partial charge in [-0.1, -0.05) is 48.5 Å². The summed E-state index contributed by atoms with van der Waals surface area (Å²) in [5.41, 5.74) is 9.65. The zero-order valence-electron chi connectivity index (χ0n) is 11.2. The number of hydrogen-bond acceptors (Lipinski definition) is 2. The average Bonchev–Trinajstić information content (AvgIpc) is 2.99. The van der Waals surface area contributed by atoms with Crippen LogP contribution in [0, 0.1) is 0 Å². The summed E-state index contributed by atoms with van der Waals surface area (Å²) >= 11 is 0. The van der Waals surface area contributed by atoms with E-state index in [-0.39, 0.29) is 6.04 Å². The molecule has 3 aromatic rings. The molecule has 1 unspecified atom stereocenters. The molecular weight excluding hydrogens is 246 g/mol. The maximum absolute atomic E-state index is 6.35. The molecule has 100 valence electrons. The van der Waals surface area contributed by atoms with Gasteiger partial charge in [0.2, 0.25) is 0 Å². The lowest BCUT2D eigenvalue weighted by molar-refractivity contribution is 0.654. The number of para-hydroxylation sites is 1. The summed E-state index contributed by atoms with van der Waals surface area (Å²) in [6, 6.07) is 22.3. The summed E-state index contributed by atoms with van der Waals surface area (Å²) in [5.74, 6) is 0. The predicted molar refractivity (Wildman–Crippen MR) is 80.6 cm³/mol. The first-order chi connectivity index (χ1) is 9.84. The Labute approximate surface area is 118 Å². The minimum absolute atomic E-state index is 0.0693. The molecule has 0 saturated carbocycles. The second kappa shape index (κ2) is 5.72. The number of hydrogen-bond donors (Lipinski definition) is 1. The average molecular weight is 263 g/mol. The van der Waals surface area contributed by atoms with Crippen molar-refractivity contribution in [2.45, 2.75) is 12.5 Å². The molecule has 2 N–H and O–H groups in total. The molecule has 0 saturated heterocycles. The van der Waals surface area contributed by atoms with Crippen LogP contribution < -0.4 is 5.73 Å². The Morgan fingerprint density at radius 3 is 2.25 bits per heavy atom. The van der Waals surface area contributed by atoms with Gasteiger partial charge in [-0.05, 0) is 30.2 Å². The molecule has 0 spiro atoms. The van der Waals surface area contributed by atoms with Crippen LogP contribution in [0.5, 0.6) is 0 Å². The van der Waals surface area contributed by atoms with Crippen molar-refractivity contribution < 1.29 is 0 Å². The van der Waals surface area contributed by atoms with E-state index in [2.05, 4.69) is 17.2 Å². The highest BCUT2D eigenvalue weighted by Crippen LogP contribution is 2.19. The monoisotopic (exact) mass is 263 g/mol. The van der Waals surface area contributed by atoms with Crippen molar-refractivity contribution >= 4 is 0 Å². The van der Waals surface area contributed by atoms with Crippen LogP contribution in [0.25, 0.3) is 5.69 Å². The first kappa shape index (κ1) is 12.6. The third-order valence-electron chi connectivity index (χ3n) is 3.35. The van der Waals surface area contributed by atoms with Gasteiger partial charge in [-0.25, -0.2) is 4.68 Å². The Balaban J connectivity index is 1.86. The molecule has 0 aliphatic carbocycles. The van der Waals surface area contributed by atoms with E-state index in [4.69, 9.17) is 5.73 Å². The van der Waals surface area contributed by atoms with Crippen LogP contribution in [-0.4, -0.2) is 9.78 Å². The van der Waals surface area contributed by atoms with Crippen molar-refractivity contribution in [2.24, 2.45) is 5.73 Å². The van der Waals surface area contributed by atoms with Crippen molar-refractivity contribution in [1.29, 1.82) is 0 Å². The third kappa shape index (κ3) is 2.63. The second-order valence-corrected chi connectivity index (χ2v) is 4.80. The van der Waals surface area contributed by atoms with E-state index < -0.39 is 0 Å².